The van der Waals surface area contributed by atoms with Crippen LogP contribution in [0.2, 0.25) is 5.02 Å². The van der Waals surface area contributed by atoms with Gasteiger partial charge >= 0.3 is 0 Å². The minimum atomic E-state index is -0.227. The Balaban J connectivity index is 1.69. The molecule has 30 heavy (non-hydrogen) atoms. The first-order valence-electron chi connectivity index (χ1n) is 9.29. The average Bonchev–Trinajstić information content (AvgIpc) is 2.73. The molecule has 0 aliphatic rings. The van der Waals surface area contributed by atoms with E-state index in [0.29, 0.717) is 26.8 Å². The Kier molecular flexibility index (Phi) is 5.88. The number of halogens is 1. The number of rotatable bonds is 5. The van der Waals surface area contributed by atoms with Crippen molar-refractivity contribution < 1.29 is 4.79 Å². The molecule has 1 aromatic heterocycles. The topological polar surface area (TPSA) is 64.0 Å². The lowest BCUT2D eigenvalue weighted by Crippen LogP contribution is -2.23. The molecule has 0 radical (unpaired) electrons. The largest absolute Gasteiger partial charge is 0.325 e. The molecule has 0 saturated carbocycles. The van der Waals surface area contributed by atoms with Crippen molar-refractivity contribution in [2.75, 3.05) is 11.1 Å². The highest BCUT2D eigenvalue weighted by molar-refractivity contribution is 7.99. The van der Waals surface area contributed by atoms with Crippen molar-refractivity contribution in [3.8, 4) is 5.69 Å². The SMILES string of the molecule is Cc1cccc(NC(=O)CSc2nc3ccccc3c(=O)n2-c2ccccc2Cl)c1. The number of amides is 1. The Labute approximate surface area is 182 Å². The van der Waals surface area contributed by atoms with E-state index >= 15 is 0 Å². The van der Waals surface area contributed by atoms with Gasteiger partial charge in [-0.25, -0.2) is 4.98 Å². The molecule has 0 atom stereocenters. The summed E-state index contributed by atoms with van der Waals surface area (Å²) in [6.07, 6.45) is 0. The summed E-state index contributed by atoms with van der Waals surface area (Å²) in [5, 5.41) is 4.21. The van der Waals surface area contributed by atoms with Gasteiger partial charge in [-0.15, -0.1) is 0 Å². The van der Waals surface area contributed by atoms with E-state index in [2.05, 4.69) is 10.3 Å². The van der Waals surface area contributed by atoms with Gasteiger partial charge in [-0.2, -0.15) is 0 Å². The van der Waals surface area contributed by atoms with Crippen LogP contribution in [-0.2, 0) is 4.79 Å². The Morgan fingerprint density at radius 3 is 2.63 bits per heavy atom. The fraction of sp³-hybridized carbons (Fsp3) is 0.0870. The van der Waals surface area contributed by atoms with Crippen LogP contribution in [0.5, 0.6) is 0 Å². The molecule has 0 spiro atoms. The summed E-state index contributed by atoms with van der Waals surface area (Å²) >= 11 is 7.55. The number of thioether (sulfide) groups is 1. The van der Waals surface area contributed by atoms with E-state index < -0.39 is 0 Å². The Bertz CT molecular complexity index is 1300. The number of carbonyl (C=O) groups is 1. The quantitative estimate of drug-likeness (QED) is 0.351. The summed E-state index contributed by atoms with van der Waals surface area (Å²) in [6.45, 7) is 1.96. The zero-order valence-electron chi connectivity index (χ0n) is 16.1. The fourth-order valence-corrected chi connectivity index (χ4v) is 4.13. The third-order valence-electron chi connectivity index (χ3n) is 4.47. The maximum atomic E-state index is 13.2. The van der Waals surface area contributed by atoms with Crippen LogP contribution in [0.25, 0.3) is 16.6 Å². The highest BCUT2D eigenvalue weighted by atomic mass is 35.5. The normalized spacial score (nSPS) is 10.9. The third-order valence-corrected chi connectivity index (χ3v) is 5.73. The highest BCUT2D eigenvalue weighted by Crippen LogP contribution is 2.25. The molecule has 4 aromatic rings. The number of hydrogen-bond donors (Lipinski definition) is 1. The zero-order chi connectivity index (χ0) is 21.1. The summed E-state index contributed by atoms with van der Waals surface area (Å²) in [4.78, 5) is 30.3. The average molecular weight is 436 g/mol. The first-order chi connectivity index (χ1) is 14.5. The third kappa shape index (κ3) is 4.25. The number of fused-ring (bicyclic) bond motifs is 1. The van der Waals surface area contributed by atoms with Gasteiger partial charge in [0.25, 0.3) is 5.56 Å². The Hall–Kier alpha value is -3.09. The molecule has 1 N–H and O–H groups in total. The molecule has 0 fully saturated rings. The molecule has 0 unspecified atom stereocenters. The number of nitrogens with one attached hydrogen (secondary N) is 1. The highest BCUT2D eigenvalue weighted by Gasteiger charge is 2.16. The fourth-order valence-electron chi connectivity index (χ4n) is 3.10. The Morgan fingerprint density at radius 1 is 1.07 bits per heavy atom. The van der Waals surface area contributed by atoms with Crippen LogP contribution in [0.1, 0.15) is 5.56 Å². The van der Waals surface area contributed by atoms with Crippen LogP contribution in [-0.4, -0.2) is 21.2 Å². The summed E-state index contributed by atoms with van der Waals surface area (Å²) in [7, 11) is 0. The molecule has 5 nitrogen and oxygen atoms in total. The first kappa shape index (κ1) is 20.2. The van der Waals surface area contributed by atoms with Crippen LogP contribution < -0.4 is 10.9 Å². The minimum Gasteiger partial charge on any atom is -0.325 e. The maximum Gasteiger partial charge on any atom is 0.266 e. The second kappa shape index (κ2) is 8.73. The van der Waals surface area contributed by atoms with Crippen molar-refractivity contribution in [3.05, 3.63) is 93.7 Å². The van der Waals surface area contributed by atoms with E-state index in [9.17, 15) is 9.59 Å². The van der Waals surface area contributed by atoms with Gasteiger partial charge in [-0.3, -0.25) is 14.2 Å². The molecule has 1 heterocycles. The van der Waals surface area contributed by atoms with Crippen molar-refractivity contribution in [2.24, 2.45) is 0 Å². The predicted octanol–water partition coefficient (Wildman–Crippen LogP) is 5.08. The first-order valence-corrected chi connectivity index (χ1v) is 10.7. The van der Waals surface area contributed by atoms with Crippen molar-refractivity contribution >= 4 is 45.9 Å². The van der Waals surface area contributed by atoms with Crippen LogP contribution in [0.15, 0.2) is 82.7 Å². The summed E-state index contributed by atoms with van der Waals surface area (Å²) in [6, 6.07) is 21.8. The van der Waals surface area contributed by atoms with Crippen LogP contribution in [0.4, 0.5) is 5.69 Å². The summed E-state index contributed by atoms with van der Waals surface area (Å²) in [5.41, 5.74) is 2.67. The van der Waals surface area contributed by atoms with E-state index in [1.54, 1.807) is 36.4 Å². The molecular weight excluding hydrogens is 418 g/mol. The van der Waals surface area contributed by atoms with Crippen molar-refractivity contribution in [2.45, 2.75) is 12.1 Å². The monoisotopic (exact) mass is 435 g/mol. The number of aromatic nitrogens is 2. The van der Waals surface area contributed by atoms with Gasteiger partial charge in [-0.05, 0) is 48.9 Å². The lowest BCUT2D eigenvalue weighted by atomic mass is 10.2. The van der Waals surface area contributed by atoms with E-state index in [1.807, 2.05) is 43.3 Å². The van der Waals surface area contributed by atoms with Gasteiger partial charge in [0.2, 0.25) is 5.91 Å². The van der Waals surface area contributed by atoms with Gasteiger partial charge in [0.05, 0.1) is 27.4 Å². The summed E-state index contributed by atoms with van der Waals surface area (Å²) in [5.74, 6) is -0.0814. The van der Waals surface area contributed by atoms with Gasteiger partial charge in [0.1, 0.15) is 0 Å². The number of aryl methyl sites for hydroxylation is 1. The standard InChI is InChI=1S/C23H18ClN3O2S/c1-15-7-6-8-16(13-15)25-21(28)14-30-23-26-19-11-4-2-9-17(19)22(29)27(23)20-12-5-3-10-18(20)24/h2-13H,14H2,1H3,(H,25,28). The molecule has 0 aliphatic heterocycles. The molecular formula is C23H18ClN3O2S. The number of hydrogen-bond acceptors (Lipinski definition) is 4. The second-order valence-electron chi connectivity index (χ2n) is 6.71. The number of carbonyl (C=O) groups excluding carboxylic acids is 1. The lowest BCUT2D eigenvalue weighted by molar-refractivity contribution is -0.113. The van der Waals surface area contributed by atoms with E-state index in [0.717, 1.165) is 11.3 Å². The molecule has 0 saturated heterocycles. The lowest BCUT2D eigenvalue weighted by Gasteiger charge is -2.14. The van der Waals surface area contributed by atoms with Crippen LogP contribution >= 0.6 is 23.4 Å². The smallest absolute Gasteiger partial charge is 0.266 e. The van der Waals surface area contributed by atoms with E-state index in [1.165, 1.54) is 16.3 Å². The predicted molar refractivity (Wildman–Crippen MR) is 123 cm³/mol. The number of anilines is 1. The number of para-hydroxylation sites is 2. The van der Waals surface area contributed by atoms with Gasteiger partial charge in [0.15, 0.2) is 5.16 Å². The Morgan fingerprint density at radius 2 is 1.83 bits per heavy atom. The molecule has 3 aromatic carbocycles. The minimum absolute atomic E-state index is 0.100. The molecule has 150 valence electrons. The van der Waals surface area contributed by atoms with Crippen molar-refractivity contribution in [3.63, 3.8) is 0 Å². The molecule has 0 aliphatic carbocycles. The molecule has 4 rings (SSSR count). The van der Waals surface area contributed by atoms with Crippen molar-refractivity contribution in [1.82, 2.24) is 9.55 Å². The number of nitrogens with zero attached hydrogens (tertiary/aromatic N) is 2. The van der Waals surface area contributed by atoms with Gasteiger partial charge in [-0.1, -0.05) is 59.8 Å². The van der Waals surface area contributed by atoms with E-state index in [-0.39, 0.29) is 17.2 Å². The molecule has 7 heteroatoms. The maximum absolute atomic E-state index is 13.2. The van der Waals surface area contributed by atoms with E-state index in [4.69, 9.17) is 11.6 Å². The van der Waals surface area contributed by atoms with Crippen molar-refractivity contribution in [1.29, 1.82) is 0 Å². The van der Waals surface area contributed by atoms with Gasteiger partial charge in [0, 0.05) is 5.69 Å². The van der Waals surface area contributed by atoms with Crippen LogP contribution in [0, 0.1) is 6.92 Å². The van der Waals surface area contributed by atoms with Crippen LogP contribution in [0.3, 0.4) is 0 Å². The summed E-state index contributed by atoms with van der Waals surface area (Å²) < 4.78 is 1.47. The second-order valence-corrected chi connectivity index (χ2v) is 8.06. The number of benzene rings is 3. The zero-order valence-corrected chi connectivity index (χ0v) is 17.7. The molecule has 0 bridgehead atoms. The van der Waals surface area contributed by atoms with Gasteiger partial charge < -0.3 is 5.32 Å². The molecule has 1 amide bonds.